The van der Waals surface area contributed by atoms with E-state index in [2.05, 4.69) is 16.2 Å². The van der Waals surface area contributed by atoms with Gasteiger partial charge >= 0.3 is 33.3 Å². The number of hydrogen-bond donors (Lipinski definition) is 8. The first-order chi connectivity index (χ1) is 33.9. The number of hydrogen-bond acceptors (Lipinski definition) is 18. The van der Waals surface area contributed by atoms with Crippen LogP contribution >= 0.6 is 15.6 Å². The third-order valence-corrected chi connectivity index (χ3v) is 15.2. The molecule has 9 N–H and O–H groups in total. The van der Waals surface area contributed by atoms with Crippen molar-refractivity contribution in [1.82, 2.24) is 9.55 Å². The predicted molar refractivity (Wildman–Crippen MR) is 263 cm³/mol. The average molecular weight is 1050 g/mol. The number of anilines is 1. The molecule has 0 radical (unpaired) electrons. The Morgan fingerprint density at radius 1 is 0.817 bits per heavy atom. The number of allylic oxidation sites excluding steroid dienone is 1. The van der Waals surface area contributed by atoms with Crippen molar-refractivity contribution in [2.24, 2.45) is 11.8 Å². The molecule has 1 aromatic rings. The first-order valence-electron chi connectivity index (χ1n) is 25.6. The Labute approximate surface area is 418 Å². The molecular formula is C48H83N3O18P2. The lowest BCUT2D eigenvalue weighted by Crippen LogP contribution is -2.52. The fraction of sp³-hybridized carbons (Fsp3) is 0.792. The zero-order valence-corrected chi connectivity index (χ0v) is 43.4. The Hall–Kier alpha value is -2.88. The van der Waals surface area contributed by atoms with Crippen LogP contribution in [0.2, 0.25) is 0 Å². The van der Waals surface area contributed by atoms with Crippen LogP contribution in [0, 0.1) is 11.8 Å². The molecule has 2 unspecified atom stereocenters. The Morgan fingerprint density at radius 3 is 2.00 bits per heavy atom. The first-order valence-corrected chi connectivity index (χ1v) is 28.6. The first kappa shape index (κ1) is 62.4. The largest absolute Gasteiger partial charge is 0.481 e. The van der Waals surface area contributed by atoms with Crippen LogP contribution in [0.25, 0.3) is 0 Å². The standard InChI is InChI=1S/C48H83N3O18P2/c1-3-5-7-8-9-10-11-12-13-14-15-16-17-18-20-26-44(56)67-36-32-64-43(55)25-22-21-24-38-40(54)31-39(53)37(28-27-35(52)23-19-6-4-2)45(57)46(58)41(34-66-71(62,63)69-70(60,61)65-33-36)68-47(38)51-30-29-42(49)50-48(51)59/h21-22,27-30,35-41,45-47,52-54,57-58H,3-20,23-26,31-34H2,1-2H3,(H,60,61)(H,62,63)(H2,49,50,59)/b22-21-,28-27+/t35-,36-,37+,38-,39-,40+,41-,45+,46-,47-/m1/s1. The Balaban J connectivity index is 1.80. The van der Waals surface area contributed by atoms with Crippen LogP contribution in [0.5, 0.6) is 0 Å². The van der Waals surface area contributed by atoms with Crippen molar-refractivity contribution in [3.63, 3.8) is 0 Å². The summed E-state index contributed by atoms with van der Waals surface area (Å²) in [7, 11) is -11.3. The molecule has 2 aliphatic rings. The van der Waals surface area contributed by atoms with Gasteiger partial charge in [0.25, 0.3) is 0 Å². The maximum absolute atomic E-state index is 13.3. The molecule has 3 heterocycles. The average Bonchev–Trinajstić information content (AvgIpc) is 3.30. The van der Waals surface area contributed by atoms with Crippen molar-refractivity contribution in [3.05, 3.63) is 47.1 Å². The van der Waals surface area contributed by atoms with Gasteiger partial charge in [0.1, 0.15) is 30.9 Å². The zero-order valence-electron chi connectivity index (χ0n) is 41.6. The van der Waals surface area contributed by atoms with E-state index in [0.717, 1.165) is 55.7 Å². The number of aromatic nitrogens is 2. The van der Waals surface area contributed by atoms with E-state index < -0.39 is 120 Å². The van der Waals surface area contributed by atoms with Gasteiger partial charge < -0.3 is 55.3 Å². The second-order valence-electron chi connectivity index (χ2n) is 18.7. The van der Waals surface area contributed by atoms with E-state index >= 15 is 0 Å². The van der Waals surface area contributed by atoms with Gasteiger partial charge in [-0.25, -0.2) is 13.9 Å². The summed E-state index contributed by atoms with van der Waals surface area (Å²) in [4.78, 5) is 64.2. The minimum Gasteiger partial charge on any atom is -0.461 e. The molecule has 0 spiro atoms. The fourth-order valence-corrected chi connectivity index (χ4v) is 10.6. The molecule has 0 amide bonds. The van der Waals surface area contributed by atoms with E-state index in [0.29, 0.717) is 19.3 Å². The van der Waals surface area contributed by atoms with E-state index in [4.69, 9.17) is 29.0 Å². The van der Waals surface area contributed by atoms with Gasteiger partial charge in [-0.2, -0.15) is 9.29 Å². The number of phosphoric acid groups is 2. The van der Waals surface area contributed by atoms with Crippen LogP contribution in [0.15, 0.2) is 41.4 Å². The molecule has 1 saturated heterocycles. The molecule has 2 aliphatic heterocycles. The maximum atomic E-state index is 13.3. The quantitative estimate of drug-likeness (QED) is 0.0234. The molecule has 408 valence electrons. The normalized spacial score (nSPS) is 30.7. The molecule has 0 aromatic carbocycles. The topological polar surface area (TPSA) is 326 Å². The predicted octanol–water partition coefficient (Wildman–Crippen LogP) is 6.60. The lowest BCUT2D eigenvalue weighted by atomic mass is 9.82. The lowest BCUT2D eigenvalue weighted by molar-refractivity contribution is -0.194. The molecule has 71 heavy (non-hydrogen) atoms. The number of unbranched alkanes of at least 4 members (excludes halogenated alkanes) is 16. The summed E-state index contributed by atoms with van der Waals surface area (Å²) in [5.41, 5.74) is 4.73. The number of aliphatic hydroxyl groups excluding tert-OH is 5. The second kappa shape index (κ2) is 33.8. The van der Waals surface area contributed by atoms with Gasteiger partial charge in [-0.05, 0) is 25.3 Å². The van der Waals surface area contributed by atoms with Gasteiger partial charge in [0.15, 0.2) is 6.10 Å². The third-order valence-electron chi connectivity index (χ3n) is 12.6. The zero-order chi connectivity index (χ0) is 52.2. The molecule has 2 bridgehead atoms. The summed E-state index contributed by atoms with van der Waals surface area (Å²) in [6.45, 7) is 1.41. The minimum absolute atomic E-state index is 0.0101. The van der Waals surface area contributed by atoms with Gasteiger partial charge in [-0.3, -0.25) is 23.2 Å². The van der Waals surface area contributed by atoms with Crippen LogP contribution in [-0.2, 0) is 46.3 Å². The molecule has 1 aromatic heterocycles. The SMILES string of the molecule is CCCCCCCCCCCCCCCCCC(=O)O[C@@H]1COC(=O)C/C=C\C[C@H]2[C@H](n3ccc(N)nc3=O)O[C@H](COP(=O)(O)OP(=O)(O)OC1)[C@@H](O)[C@@H](O)[C@@H](/C=C/[C@H](O)CCCCC)[C@H](O)C[C@@H]2O. The van der Waals surface area contributed by atoms with Gasteiger partial charge in [0.2, 0.25) is 0 Å². The van der Waals surface area contributed by atoms with Crippen molar-refractivity contribution in [1.29, 1.82) is 0 Å². The Morgan fingerprint density at radius 2 is 1.39 bits per heavy atom. The number of nitrogen functional groups attached to an aromatic ring is 1. The van der Waals surface area contributed by atoms with E-state index in [9.17, 15) is 58.8 Å². The number of fused-ring (bicyclic) bond motifs is 3. The molecular weight excluding hydrogens is 968 g/mol. The number of carbonyl (C=O) groups excluding carboxylic acids is 2. The smallest absolute Gasteiger partial charge is 0.461 e. The number of cyclic esters (lactones) is 1. The fourth-order valence-electron chi connectivity index (χ4n) is 8.51. The van der Waals surface area contributed by atoms with E-state index in [1.54, 1.807) is 0 Å². The van der Waals surface area contributed by atoms with Crippen molar-refractivity contribution < 1.29 is 81.6 Å². The highest BCUT2D eigenvalue weighted by Crippen LogP contribution is 2.60. The van der Waals surface area contributed by atoms with Crippen LogP contribution in [0.1, 0.15) is 168 Å². The Kier molecular flexibility index (Phi) is 29.7. The summed E-state index contributed by atoms with van der Waals surface area (Å²) in [5, 5.41) is 57.3. The number of aliphatic hydroxyl groups is 5. The highest BCUT2D eigenvalue weighted by atomic mass is 31.3. The minimum atomic E-state index is -5.69. The van der Waals surface area contributed by atoms with Crippen LogP contribution in [-0.4, -0.2) is 119 Å². The number of nitrogens with two attached hydrogens (primary N) is 1. The van der Waals surface area contributed by atoms with E-state index in [1.165, 1.54) is 88.2 Å². The van der Waals surface area contributed by atoms with Crippen LogP contribution < -0.4 is 11.4 Å². The molecule has 23 heteroatoms. The highest BCUT2D eigenvalue weighted by Gasteiger charge is 2.45. The number of phosphoric ester groups is 2. The summed E-state index contributed by atoms with van der Waals surface area (Å²) in [6.07, 6.45) is 11.7. The molecule has 0 aliphatic carbocycles. The number of carbonyl (C=O) groups is 2. The van der Waals surface area contributed by atoms with E-state index in [-0.39, 0.29) is 25.1 Å². The highest BCUT2D eigenvalue weighted by molar-refractivity contribution is 7.61. The van der Waals surface area contributed by atoms with Crippen molar-refractivity contribution in [2.45, 2.75) is 210 Å². The second-order valence-corrected chi connectivity index (χ2v) is 21.7. The van der Waals surface area contributed by atoms with Gasteiger partial charge in [0, 0.05) is 30.9 Å². The van der Waals surface area contributed by atoms with Gasteiger partial charge in [0.05, 0.1) is 44.1 Å². The summed E-state index contributed by atoms with van der Waals surface area (Å²) in [6, 6.07) is 1.22. The molecule has 12 atom stereocenters. The summed E-state index contributed by atoms with van der Waals surface area (Å²) < 4.78 is 58.7. The van der Waals surface area contributed by atoms with Crippen molar-refractivity contribution in [2.75, 3.05) is 25.6 Å². The molecule has 21 nitrogen and oxygen atoms in total. The molecule has 1 fully saturated rings. The summed E-state index contributed by atoms with van der Waals surface area (Å²) in [5.74, 6) is -4.42. The van der Waals surface area contributed by atoms with Crippen molar-refractivity contribution in [3.8, 4) is 0 Å². The molecule has 3 rings (SSSR count). The van der Waals surface area contributed by atoms with Crippen molar-refractivity contribution >= 4 is 33.4 Å². The lowest BCUT2D eigenvalue weighted by Gasteiger charge is -2.40. The number of ether oxygens (including phenoxy) is 3. The number of nitrogens with zero attached hydrogens (tertiary/aromatic N) is 2. The maximum Gasteiger partial charge on any atom is 0.481 e. The Bertz CT molecular complexity index is 1910. The van der Waals surface area contributed by atoms with Gasteiger partial charge in [-0.1, -0.05) is 147 Å². The molecule has 0 saturated carbocycles. The van der Waals surface area contributed by atoms with E-state index in [1.807, 2.05) is 6.92 Å². The monoisotopic (exact) mass is 1050 g/mol. The third kappa shape index (κ3) is 24.8. The van der Waals surface area contributed by atoms with Gasteiger partial charge in [-0.15, -0.1) is 0 Å². The van der Waals surface area contributed by atoms with Crippen LogP contribution in [0.3, 0.4) is 0 Å². The number of esters is 2. The number of rotatable bonds is 24. The summed E-state index contributed by atoms with van der Waals surface area (Å²) >= 11 is 0. The van der Waals surface area contributed by atoms with Crippen LogP contribution in [0.4, 0.5) is 5.82 Å².